The van der Waals surface area contributed by atoms with Crippen molar-refractivity contribution in [2.24, 2.45) is 10.9 Å². The maximum absolute atomic E-state index is 5.23. The molecule has 1 aromatic heterocycles. The van der Waals surface area contributed by atoms with Crippen molar-refractivity contribution in [2.75, 3.05) is 4.90 Å². The molecular weight excluding hydrogens is 753 g/mol. The molecule has 0 saturated heterocycles. The number of nitrogens with one attached hydrogen (secondary N) is 1. The number of para-hydroxylation sites is 3. The number of amidine groups is 1. The summed E-state index contributed by atoms with van der Waals surface area (Å²) in [5.74, 6) is 1.22. The molecular formula is C58H42N4. The van der Waals surface area contributed by atoms with Crippen molar-refractivity contribution < 1.29 is 0 Å². The first-order valence-corrected chi connectivity index (χ1v) is 21.6. The van der Waals surface area contributed by atoms with E-state index in [1.807, 2.05) is 6.20 Å². The molecule has 62 heavy (non-hydrogen) atoms. The average molecular weight is 795 g/mol. The second-order valence-corrected chi connectivity index (χ2v) is 16.5. The molecule has 0 fully saturated rings. The van der Waals surface area contributed by atoms with Crippen LogP contribution in [0.2, 0.25) is 0 Å². The number of pyridine rings is 1. The molecule has 2 aliphatic carbocycles. The SMILES string of the molecule is C1=CCC(C2C=C(c3cccc(-c4cccc(-c5ccc6c(c5)C5(c7ccccc7N(c7ccccc7)c7ccccc75)c5cccnc5-6)c4)c3)NC(c3ccccc3)=N2)C=C1. The molecule has 2 atom stereocenters. The van der Waals surface area contributed by atoms with Crippen molar-refractivity contribution >= 4 is 28.6 Å². The number of hydrogen-bond acceptors (Lipinski definition) is 4. The Balaban J connectivity index is 0.960. The zero-order valence-corrected chi connectivity index (χ0v) is 34.1. The van der Waals surface area contributed by atoms with Crippen LogP contribution in [0.25, 0.3) is 39.2 Å². The van der Waals surface area contributed by atoms with E-state index in [9.17, 15) is 0 Å². The predicted octanol–water partition coefficient (Wildman–Crippen LogP) is 13.5. The summed E-state index contributed by atoms with van der Waals surface area (Å²) in [5.41, 5.74) is 18.1. The fraction of sp³-hybridized carbons (Fsp3) is 0.0690. The number of hydrogen-bond donors (Lipinski definition) is 1. The van der Waals surface area contributed by atoms with Gasteiger partial charge in [0.15, 0.2) is 0 Å². The quantitative estimate of drug-likeness (QED) is 0.182. The van der Waals surface area contributed by atoms with E-state index >= 15 is 0 Å². The predicted molar refractivity (Wildman–Crippen MR) is 255 cm³/mol. The highest BCUT2D eigenvalue weighted by atomic mass is 15.2. The molecule has 4 heteroatoms. The van der Waals surface area contributed by atoms with E-state index in [1.54, 1.807) is 0 Å². The Labute approximate surface area is 362 Å². The van der Waals surface area contributed by atoms with Crippen LogP contribution in [0.15, 0.2) is 230 Å². The van der Waals surface area contributed by atoms with E-state index in [0.29, 0.717) is 5.92 Å². The van der Waals surface area contributed by atoms with Crippen molar-refractivity contribution in [3.05, 3.63) is 258 Å². The highest BCUT2D eigenvalue weighted by Crippen LogP contribution is 2.63. The number of anilines is 3. The van der Waals surface area contributed by atoms with Gasteiger partial charge < -0.3 is 10.2 Å². The van der Waals surface area contributed by atoms with E-state index in [4.69, 9.17) is 9.98 Å². The highest BCUT2D eigenvalue weighted by Gasteiger charge is 2.52. The molecule has 4 nitrogen and oxygen atoms in total. The molecule has 2 unspecified atom stereocenters. The summed E-state index contributed by atoms with van der Waals surface area (Å²) in [6.45, 7) is 0. The van der Waals surface area contributed by atoms with Gasteiger partial charge in [-0.05, 0) is 111 Å². The van der Waals surface area contributed by atoms with Crippen LogP contribution in [0, 0.1) is 5.92 Å². The molecule has 4 aliphatic rings. The lowest BCUT2D eigenvalue weighted by atomic mass is 9.64. The van der Waals surface area contributed by atoms with E-state index in [0.717, 1.165) is 40.5 Å². The molecule has 8 aromatic rings. The van der Waals surface area contributed by atoms with Crippen molar-refractivity contribution in [2.45, 2.75) is 17.9 Å². The Bertz CT molecular complexity index is 3110. The third-order valence-corrected chi connectivity index (χ3v) is 13.1. The summed E-state index contributed by atoms with van der Waals surface area (Å²) in [6.07, 6.45) is 14.0. The normalized spacial score (nSPS) is 17.6. The van der Waals surface area contributed by atoms with E-state index in [2.05, 4.69) is 229 Å². The van der Waals surface area contributed by atoms with Crippen LogP contribution >= 0.6 is 0 Å². The molecule has 2 aliphatic heterocycles. The minimum atomic E-state index is -0.566. The van der Waals surface area contributed by atoms with Gasteiger partial charge in [-0.1, -0.05) is 164 Å². The van der Waals surface area contributed by atoms with Gasteiger partial charge >= 0.3 is 0 Å². The zero-order chi connectivity index (χ0) is 41.0. The maximum atomic E-state index is 5.23. The van der Waals surface area contributed by atoms with Gasteiger partial charge in [-0.25, -0.2) is 0 Å². The van der Waals surface area contributed by atoms with Crippen molar-refractivity contribution in [1.82, 2.24) is 10.3 Å². The third kappa shape index (κ3) is 5.75. The smallest absolute Gasteiger partial charge is 0.133 e. The molecule has 3 heterocycles. The molecule has 0 radical (unpaired) electrons. The van der Waals surface area contributed by atoms with E-state index in [1.165, 1.54) is 61.4 Å². The molecule has 0 bridgehead atoms. The Hall–Kier alpha value is -7.82. The molecule has 0 amide bonds. The third-order valence-electron chi connectivity index (χ3n) is 13.1. The molecule has 7 aromatic carbocycles. The number of aliphatic imine (C=N–C) groups is 1. The molecule has 1 spiro atoms. The second kappa shape index (κ2) is 14.7. The lowest BCUT2D eigenvalue weighted by Crippen LogP contribution is -2.36. The Morgan fingerprint density at radius 3 is 1.84 bits per heavy atom. The van der Waals surface area contributed by atoms with Crippen LogP contribution in [0.1, 0.15) is 39.8 Å². The number of allylic oxidation sites excluding steroid dienone is 3. The molecule has 12 rings (SSSR count). The highest BCUT2D eigenvalue weighted by molar-refractivity contribution is 6.05. The Kier molecular flexibility index (Phi) is 8.56. The van der Waals surface area contributed by atoms with Crippen LogP contribution < -0.4 is 10.2 Å². The topological polar surface area (TPSA) is 40.5 Å². The lowest BCUT2D eigenvalue weighted by Gasteiger charge is -2.45. The summed E-state index contributed by atoms with van der Waals surface area (Å²) in [4.78, 5) is 12.7. The summed E-state index contributed by atoms with van der Waals surface area (Å²) in [7, 11) is 0. The van der Waals surface area contributed by atoms with Crippen molar-refractivity contribution in [1.29, 1.82) is 0 Å². The fourth-order valence-corrected chi connectivity index (χ4v) is 10.3. The number of rotatable bonds is 6. The average Bonchev–Trinajstić information content (AvgIpc) is 3.65. The molecule has 294 valence electrons. The van der Waals surface area contributed by atoms with Crippen molar-refractivity contribution in [3.8, 4) is 33.5 Å². The van der Waals surface area contributed by atoms with Crippen LogP contribution in [-0.4, -0.2) is 16.9 Å². The molecule has 0 saturated carbocycles. The van der Waals surface area contributed by atoms with Gasteiger partial charge in [0.25, 0.3) is 0 Å². The standard InChI is InChI=1S/C58H42N4/c1-4-17-39(18-5-1)52-38-53(61-57(60-52)40-19-6-2-7-20-40)45-24-15-23-43(36-45)41-21-14-22-42(35-41)44-32-33-47-51(37-44)58(50-29-16-34-59-56(47)50)48-27-10-12-30-54(48)62(46-25-8-3-9-26-46)55-31-13-11-28-49(55)58/h1-17,19-39,52H,18H2,(H,60,61). The van der Waals surface area contributed by atoms with Gasteiger partial charge in [-0.3, -0.25) is 9.98 Å². The molecule has 1 N–H and O–H groups in total. The summed E-state index contributed by atoms with van der Waals surface area (Å²) < 4.78 is 0. The fourth-order valence-electron chi connectivity index (χ4n) is 10.3. The van der Waals surface area contributed by atoms with Gasteiger partial charge in [0, 0.05) is 34.6 Å². The van der Waals surface area contributed by atoms with Gasteiger partial charge in [-0.15, -0.1) is 0 Å². The minimum absolute atomic E-state index is 0.0311. The monoisotopic (exact) mass is 794 g/mol. The van der Waals surface area contributed by atoms with Crippen LogP contribution in [-0.2, 0) is 5.41 Å². The van der Waals surface area contributed by atoms with Gasteiger partial charge in [0.1, 0.15) is 5.84 Å². The van der Waals surface area contributed by atoms with Crippen LogP contribution in [0.5, 0.6) is 0 Å². The van der Waals surface area contributed by atoms with E-state index in [-0.39, 0.29) is 6.04 Å². The number of nitrogens with zero attached hydrogens (tertiary/aromatic N) is 3. The summed E-state index contributed by atoms with van der Waals surface area (Å²) >= 11 is 0. The number of aromatic nitrogens is 1. The first kappa shape index (κ1) is 36.1. The van der Waals surface area contributed by atoms with Crippen molar-refractivity contribution in [3.63, 3.8) is 0 Å². The first-order valence-electron chi connectivity index (χ1n) is 21.6. The number of fused-ring (bicyclic) bond motifs is 9. The zero-order valence-electron chi connectivity index (χ0n) is 34.1. The van der Waals surface area contributed by atoms with Gasteiger partial charge in [0.05, 0.1) is 28.5 Å². The second-order valence-electron chi connectivity index (χ2n) is 16.5. The van der Waals surface area contributed by atoms with Gasteiger partial charge in [0.2, 0.25) is 0 Å². The number of benzene rings is 7. The first-order chi connectivity index (χ1) is 30.7. The van der Waals surface area contributed by atoms with Crippen LogP contribution in [0.3, 0.4) is 0 Å². The van der Waals surface area contributed by atoms with Gasteiger partial charge in [-0.2, -0.15) is 0 Å². The Morgan fingerprint density at radius 1 is 0.516 bits per heavy atom. The maximum Gasteiger partial charge on any atom is 0.133 e. The summed E-state index contributed by atoms with van der Waals surface area (Å²) in [5, 5.41) is 3.72. The largest absolute Gasteiger partial charge is 0.340 e. The minimum Gasteiger partial charge on any atom is -0.340 e. The summed E-state index contributed by atoms with van der Waals surface area (Å²) in [6, 6.07) is 68.4. The van der Waals surface area contributed by atoms with Crippen LogP contribution in [0.4, 0.5) is 17.1 Å². The Morgan fingerprint density at radius 2 is 1.13 bits per heavy atom. The van der Waals surface area contributed by atoms with E-state index < -0.39 is 5.41 Å². The lowest BCUT2D eigenvalue weighted by molar-refractivity contribution is 0.576.